The van der Waals surface area contributed by atoms with E-state index in [2.05, 4.69) is 0 Å². The fraction of sp³-hybridized carbons (Fsp3) is 0.750. The van der Waals surface area contributed by atoms with Crippen molar-refractivity contribution < 1.29 is 19.8 Å². The smallest absolute Gasteiger partial charge is 0.308 e. The van der Waals surface area contributed by atoms with Crippen LogP contribution in [0.2, 0.25) is 0 Å². The van der Waals surface area contributed by atoms with E-state index in [0.29, 0.717) is 0 Å². The van der Waals surface area contributed by atoms with Gasteiger partial charge in [-0.2, -0.15) is 0 Å². The molecular formula is C8H13NO4. The molecule has 0 spiro atoms. The fourth-order valence-corrected chi connectivity index (χ4v) is 1.43. The van der Waals surface area contributed by atoms with Crippen LogP contribution in [-0.4, -0.2) is 46.2 Å². The van der Waals surface area contributed by atoms with Crippen LogP contribution < -0.4 is 0 Å². The summed E-state index contributed by atoms with van der Waals surface area (Å²) in [6.07, 6.45) is -0.543. The zero-order chi connectivity index (χ0) is 10.0. The van der Waals surface area contributed by atoms with Crippen molar-refractivity contribution in [3.05, 3.63) is 0 Å². The Hall–Kier alpha value is -1.10. The average Bonchev–Trinajstić information content (AvgIpc) is 2.31. The molecular weight excluding hydrogens is 174 g/mol. The minimum Gasteiger partial charge on any atom is -0.481 e. The van der Waals surface area contributed by atoms with Gasteiger partial charge in [0.2, 0.25) is 5.91 Å². The van der Waals surface area contributed by atoms with E-state index in [1.54, 1.807) is 6.92 Å². The van der Waals surface area contributed by atoms with Gasteiger partial charge in [-0.15, -0.1) is 0 Å². The van der Waals surface area contributed by atoms with Crippen LogP contribution in [0.5, 0.6) is 0 Å². The molecule has 1 saturated heterocycles. The van der Waals surface area contributed by atoms with E-state index >= 15 is 0 Å². The third kappa shape index (κ3) is 2.42. The zero-order valence-corrected chi connectivity index (χ0v) is 7.43. The summed E-state index contributed by atoms with van der Waals surface area (Å²) in [5.41, 5.74) is 0. The van der Waals surface area contributed by atoms with E-state index in [1.807, 2.05) is 0 Å². The molecule has 2 N–H and O–H groups in total. The van der Waals surface area contributed by atoms with Crippen molar-refractivity contribution in [2.24, 2.45) is 5.92 Å². The lowest BCUT2D eigenvalue weighted by Gasteiger charge is -2.17. The molecule has 1 aliphatic rings. The number of rotatable bonds is 3. The Morgan fingerprint density at radius 1 is 1.77 bits per heavy atom. The Morgan fingerprint density at radius 3 is 2.77 bits per heavy atom. The highest BCUT2D eigenvalue weighted by atomic mass is 16.4. The number of likely N-dealkylation sites (tertiary alicyclic amines) is 1. The monoisotopic (exact) mass is 187 g/mol. The summed E-state index contributed by atoms with van der Waals surface area (Å²) in [5, 5.41) is 17.7. The van der Waals surface area contributed by atoms with Gasteiger partial charge in [-0.05, 0) is 6.92 Å². The molecule has 0 aromatic carbocycles. The van der Waals surface area contributed by atoms with Crippen molar-refractivity contribution in [1.82, 2.24) is 4.90 Å². The molecule has 1 aliphatic heterocycles. The Bertz CT molecular complexity index is 226. The predicted molar refractivity (Wildman–Crippen MR) is 44.0 cm³/mol. The number of hydrogen-bond donors (Lipinski definition) is 2. The molecule has 1 heterocycles. The van der Waals surface area contributed by atoms with Crippen LogP contribution in [0.3, 0.4) is 0 Å². The topological polar surface area (TPSA) is 77.8 Å². The lowest BCUT2D eigenvalue weighted by Crippen LogP contribution is -2.32. The second-order valence-electron chi connectivity index (χ2n) is 3.39. The highest BCUT2D eigenvalue weighted by Crippen LogP contribution is 2.17. The van der Waals surface area contributed by atoms with Gasteiger partial charge in [0.25, 0.3) is 0 Å². The molecule has 0 aromatic heterocycles. The summed E-state index contributed by atoms with van der Waals surface area (Å²) >= 11 is 0. The largest absolute Gasteiger partial charge is 0.481 e. The van der Waals surface area contributed by atoms with E-state index in [-0.39, 0.29) is 25.4 Å². The van der Waals surface area contributed by atoms with Crippen LogP contribution in [0.4, 0.5) is 0 Å². The van der Waals surface area contributed by atoms with Gasteiger partial charge in [-0.3, -0.25) is 9.59 Å². The number of aliphatic hydroxyl groups excluding tert-OH is 1. The second-order valence-corrected chi connectivity index (χ2v) is 3.39. The van der Waals surface area contributed by atoms with Crippen LogP contribution in [0.25, 0.3) is 0 Å². The quantitative estimate of drug-likeness (QED) is 0.612. The Balaban J connectivity index is 2.51. The van der Waals surface area contributed by atoms with Crippen molar-refractivity contribution in [2.45, 2.75) is 19.4 Å². The molecule has 13 heavy (non-hydrogen) atoms. The van der Waals surface area contributed by atoms with Gasteiger partial charge in [0.15, 0.2) is 0 Å². The molecule has 1 fully saturated rings. The van der Waals surface area contributed by atoms with Gasteiger partial charge >= 0.3 is 5.97 Å². The lowest BCUT2D eigenvalue weighted by atomic mass is 10.1. The standard InChI is InChI=1S/C8H13NO4/c1-5(10)3-9-4-6(8(12)13)2-7(9)11/h5-6,10H,2-4H2,1H3,(H,12,13). The molecule has 0 aliphatic carbocycles. The van der Waals surface area contributed by atoms with Crippen LogP contribution in [0, 0.1) is 5.92 Å². The zero-order valence-electron chi connectivity index (χ0n) is 7.43. The number of carbonyl (C=O) groups is 2. The molecule has 5 heteroatoms. The van der Waals surface area contributed by atoms with Crippen LogP contribution in [0.1, 0.15) is 13.3 Å². The second kappa shape index (κ2) is 3.74. The van der Waals surface area contributed by atoms with E-state index in [4.69, 9.17) is 10.2 Å². The molecule has 0 aromatic rings. The van der Waals surface area contributed by atoms with E-state index in [0.717, 1.165) is 0 Å². The molecule has 1 amide bonds. The predicted octanol–water partition coefficient (Wildman–Crippen LogP) is -0.700. The summed E-state index contributed by atoms with van der Waals surface area (Å²) in [6.45, 7) is 2.02. The fourth-order valence-electron chi connectivity index (χ4n) is 1.43. The van der Waals surface area contributed by atoms with E-state index < -0.39 is 18.0 Å². The van der Waals surface area contributed by atoms with Gasteiger partial charge in [0.05, 0.1) is 12.0 Å². The Morgan fingerprint density at radius 2 is 2.38 bits per heavy atom. The van der Waals surface area contributed by atoms with Gasteiger partial charge in [-0.1, -0.05) is 0 Å². The highest BCUT2D eigenvalue weighted by molar-refractivity contribution is 5.86. The summed E-state index contributed by atoms with van der Waals surface area (Å²) < 4.78 is 0. The summed E-state index contributed by atoms with van der Waals surface area (Å²) in [4.78, 5) is 23.1. The number of nitrogens with zero attached hydrogens (tertiary/aromatic N) is 1. The van der Waals surface area contributed by atoms with Crippen LogP contribution in [-0.2, 0) is 9.59 Å². The molecule has 2 atom stereocenters. The molecule has 0 radical (unpaired) electrons. The first-order valence-corrected chi connectivity index (χ1v) is 4.19. The maximum absolute atomic E-state index is 11.2. The molecule has 0 bridgehead atoms. The van der Waals surface area contributed by atoms with Gasteiger partial charge in [-0.25, -0.2) is 0 Å². The first kappa shape index (κ1) is 9.98. The van der Waals surface area contributed by atoms with Gasteiger partial charge < -0.3 is 15.1 Å². The van der Waals surface area contributed by atoms with Crippen molar-refractivity contribution in [2.75, 3.05) is 13.1 Å². The summed E-state index contributed by atoms with van der Waals surface area (Å²) in [5.74, 6) is -1.74. The number of hydrogen-bond acceptors (Lipinski definition) is 3. The average molecular weight is 187 g/mol. The van der Waals surface area contributed by atoms with Crippen molar-refractivity contribution in [1.29, 1.82) is 0 Å². The number of carboxylic acids is 1. The third-order valence-electron chi connectivity index (χ3n) is 2.05. The van der Waals surface area contributed by atoms with Crippen LogP contribution in [0.15, 0.2) is 0 Å². The van der Waals surface area contributed by atoms with Crippen LogP contribution >= 0.6 is 0 Å². The molecule has 74 valence electrons. The number of β-amino-alcohol motifs (C(OH)–C–C–N with tert-alkyl or cyclic N) is 1. The maximum atomic E-state index is 11.2. The minimum absolute atomic E-state index is 0.0576. The maximum Gasteiger partial charge on any atom is 0.308 e. The minimum atomic E-state index is -0.943. The van der Waals surface area contributed by atoms with Crippen molar-refractivity contribution >= 4 is 11.9 Å². The molecule has 5 nitrogen and oxygen atoms in total. The Labute approximate surface area is 76.0 Å². The lowest BCUT2D eigenvalue weighted by molar-refractivity contribution is -0.141. The summed E-state index contributed by atoms with van der Waals surface area (Å²) in [6, 6.07) is 0. The number of carboxylic acid groups (broad SMARTS) is 1. The van der Waals surface area contributed by atoms with E-state index in [9.17, 15) is 9.59 Å². The molecule has 0 saturated carbocycles. The summed E-state index contributed by atoms with van der Waals surface area (Å²) in [7, 11) is 0. The van der Waals surface area contributed by atoms with Gasteiger partial charge in [0, 0.05) is 19.5 Å². The molecule has 2 unspecified atom stereocenters. The molecule has 1 rings (SSSR count). The SMILES string of the molecule is CC(O)CN1CC(C(=O)O)CC1=O. The number of aliphatic carboxylic acids is 1. The van der Waals surface area contributed by atoms with E-state index in [1.165, 1.54) is 4.90 Å². The number of carbonyl (C=O) groups excluding carboxylic acids is 1. The Kier molecular flexibility index (Phi) is 2.87. The first-order valence-electron chi connectivity index (χ1n) is 4.19. The number of amides is 1. The normalized spacial score (nSPS) is 24.9. The highest BCUT2D eigenvalue weighted by Gasteiger charge is 2.34. The van der Waals surface area contributed by atoms with Gasteiger partial charge in [0.1, 0.15) is 0 Å². The first-order chi connectivity index (χ1) is 6.00. The number of aliphatic hydroxyl groups is 1. The van der Waals surface area contributed by atoms with Crippen molar-refractivity contribution in [3.63, 3.8) is 0 Å². The third-order valence-corrected chi connectivity index (χ3v) is 2.05. The van der Waals surface area contributed by atoms with Crippen molar-refractivity contribution in [3.8, 4) is 0 Å².